The minimum Gasteiger partial charge on any atom is -0.217 e. The van der Waals surface area contributed by atoms with Gasteiger partial charge in [0, 0.05) is 5.39 Å². The molecule has 0 N–H and O–H groups in total. The molecule has 0 bridgehead atoms. The Bertz CT molecular complexity index is 739. The predicted octanol–water partition coefficient (Wildman–Crippen LogP) is 4.46. The van der Waals surface area contributed by atoms with Crippen molar-refractivity contribution in [3.05, 3.63) is 46.2 Å². The second kappa shape index (κ2) is 4.30. The zero-order valence-corrected chi connectivity index (χ0v) is 11.0. The lowest BCUT2D eigenvalue weighted by Gasteiger charge is -2.04. The van der Waals surface area contributed by atoms with E-state index < -0.39 is 0 Å². The molecule has 18 heavy (non-hydrogen) atoms. The van der Waals surface area contributed by atoms with Gasteiger partial charge in [0.25, 0.3) is 0 Å². The second-order valence-corrected chi connectivity index (χ2v) is 5.21. The van der Waals surface area contributed by atoms with Gasteiger partial charge >= 0.3 is 0 Å². The number of nitrogens with zero attached hydrogens (tertiary/aromatic N) is 2. The number of aromatic nitrogens is 2. The molecule has 0 spiro atoms. The van der Waals surface area contributed by atoms with Crippen LogP contribution < -0.4 is 0 Å². The van der Waals surface area contributed by atoms with Gasteiger partial charge in [0.1, 0.15) is 15.8 Å². The van der Waals surface area contributed by atoms with Crippen molar-refractivity contribution in [3.63, 3.8) is 0 Å². The summed E-state index contributed by atoms with van der Waals surface area (Å²) < 4.78 is 13.8. The molecule has 1 aromatic carbocycles. The van der Waals surface area contributed by atoms with E-state index >= 15 is 0 Å². The topological polar surface area (TPSA) is 25.8 Å². The molecule has 0 fully saturated rings. The highest BCUT2D eigenvalue weighted by Gasteiger charge is 2.12. The van der Waals surface area contributed by atoms with Crippen molar-refractivity contribution in [2.24, 2.45) is 0 Å². The number of halogens is 2. The molecular weight excluding hydrogens is 271 g/mol. The monoisotopic (exact) mass is 278 g/mol. The van der Waals surface area contributed by atoms with Crippen molar-refractivity contribution in [1.82, 2.24) is 9.97 Å². The fourth-order valence-electron chi connectivity index (χ4n) is 1.75. The largest absolute Gasteiger partial charge is 0.217 e. The van der Waals surface area contributed by atoms with Crippen molar-refractivity contribution in [2.45, 2.75) is 6.92 Å². The summed E-state index contributed by atoms with van der Waals surface area (Å²) in [6.07, 6.45) is 0. The van der Waals surface area contributed by atoms with E-state index in [4.69, 9.17) is 11.6 Å². The van der Waals surface area contributed by atoms with Crippen LogP contribution in [0.1, 0.15) is 5.56 Å². The maximum absolute atomic E-state index is 13.8. The summed E-state index contributed by atoms with van der Waals surface area (Å²) in [5, 5.41) is 3.05. The molecule has 0 aliphatic heterocycles. The van der Waals surface area contributed by atoms with Crippen LogP contribution in [0.5, 0.6) is 0 Å². The van der Waals surface area contributed by atoms with E-state index in [9.17, 15) is 4.39 Å². The highest BCUT2D eigenvalue weighted by atomic mass is 35.5. The van der Waals surface area contributed by atoms with Crippen molar-refractivity contribution >= 4 is 33.2 Å². The molecule has 3 rings (SSSR count). The lowest BCUT2D eigenvalue weighted by Crippen LogP contribution is -1.93. The fraction of sp³-hybridized carbons (Fsp3) is 0.0769. The smallest absolute Gasteiger partial charge is 0.165 e. The lowest BCUT2D eigenvalue weighted by atomic mass is 10.1. The van der Waals surface area contributed by atoms with Crippen LogP contribution >= 0.6 is 22.9 Å². The third-order valence-electron chi connectivity index (χ3n) is 2.64. The number of benzene rings is 1. The summed E-state index contributed by atoms with van der Waals surface area (Å²) in [5.74, 6) is -0.0104. The number of hydrogen-bond donors (Lipinski definition) is 0. The third kappa shape index (κ3) is 1.87. The van der Waals surface area contributed by atoms with Crippen LogP contribution in [-0.4, -0.2) is 9.97 Å². The van der Waals surface area contributed by atoms with E-state index in [2.05, 4.69) is 9.97 Å². The van der Waals surface area contributed by atoms with Crippen molar-refractivity contribution < 1.29 is 4.39 Å². The zero-order valence-electron chi connectivity index (χ0n) is 9.45. The van der Waals surface area contributed by atoms with Gasteiger partial charge in [0.15, 0.2) is 5.82 Å². The minimum atomic E-state index is -0.340. The maximum atomic E-state index is 13.8. The molecule has 90 valence electrons. The van der Waals surface area contributed by atoms with Gasteiger partial charge in [0.2, 0.25) is 0 Å². The average molecular weight is 279 g/mol. The highest BCUT2D eigenvalue weighted by Crippen LogP contribution is 2.29. The Kier molecular flexibility index (Phi) is 2.76. The quantitative estimate of drug-likeness (QED) is 0.614. The Labute approximate surface area is 112 Å². The van der Waals surface area contributed by atoms with Gasteiger partial charge in [-0.2, -0.15) is 0 Å². The Hall–Kier alpha value is -1.52. The van der Waals surface area contributed by atoms with E-state index in [0.29, 0.717) is 16.5 Å². The number of hydrogen-bond acceptors (Lipinski definition) is 3. The van der Waals surface area contributed by atoms with Crippen LogP contribution in [0.15, 0.2) is 29.6 Å². The number of rotatable bonds is 1. The molecule has 0 amide bonds. The van der Waals surface area contributed by atoms with Crippen molar-refractivity contribution in [3.8, 4) is 11.4 Å². The molecule has 0 aliphatic carbocycles. The Balaban J connectivity index is 2.27. The zero-order chi connectivity index (χ0) is 12.7. The van der Waals surface area contributed by atoms with Gasteiger partial charge < -0.3 is 0 Å². The van der Waals surface area contributed by atoms with E-state index in [1.807, 2.05) is 18.4 Å². The van der Waals surface area contributed by atoms with E-state index in [-0.39, 0.29) is 5.82 Å². The fourth-order valence-corrected chi connectivity index (χ4v) is 2.80. The molecule has 0 aliphatic rings. The molecule has 3 aromatic rings. The van der Waals surface area contributed by atoms with Crippen molar-refractivity contribution in [1.29, 1.82) is 0 Å². The molecule has 0 radical (unpaired) electrons. The SMILES string of the molecule is Cc1ccc(F)c(-c2nc(Cl)c3ccsc3n2)c1. The Morgan fingerprint density at radius 2 is 2.06 bits per heavy atom. The number of aryl methyl sites for hydroxylation is 1. The van der Waals surface area contributed by atoms with Crippen molar-refractivity contribution in [2.75, 3.05) is 0 Å². The molecule has 2 aromatic heterocycles. The van der Waals surface area contributed by atoms with Gasteiger partial charge in [-0.05, 0) is 30.5 Å². The summed E-state index contributed by atoms with van der Waals surface area (Å²) in [6.45, 7) is 1.90. The summed E-state index contributed by atoms with van der Waals surface area (Å²) in [4.78, 5) is 9.29. The van der Waals surface area contributed by atoms with Crippen LogP contribution in [0.25, 0.3) is 21.6 Å². The lowest BCUT2D eigenvalue weighted by molar-refractivity contribution is 0.629. The normalized spacial score (nSPS) is 11.1. The third-order valence-corrected chi connectivity index (χ3v) is 3.74. The van der Waals surface area contributed by atoms with Gasteiger partial charge in [0.05, 0.1) is 5.56 Å². The average Bonchev–Trinajstić information content (AvgIpc) is 2.81. The van der Waals surface area contributed by atoms with Crippen LogP contribution in [0.3, 0.4) is 0 Å². The first-order valence-electron chi connectivity index (χ1n) is 5.32. The molecule has 0 unspecified atom stereocenters. The van der Waals surface area contributed by atoms with Crippen LogP contribution in [0, 0.1) is 12.7 Å². The summed E-state index contributed by atoms with van der Waals surface area (Å²) in [6, 6.07) is 6.71. The first-order valence-corrected chi connectivity index (χ1v) is 6.58. The maximum Gasteiger partial charge on any atom is 0.165 e. The molecule has 2 nitrogen and oxygen atoms in total. The molecule has 5 heteroatoms. The van der Waals surface area contributed by atoms with Gasteiger partial charge in [-0.1, -0.05) is 23.2 Å². The highest BCUT2D eigenvalue weighted by molar-refractivity contribution is 7.16. The van der Waals surface area contributed by atoms with E-state index in [0.717, 1.165) is 15.8 Å². The minimum absolute atomic E-state index is 0.330. The molecule has 0 saturated carbocycles. The second-order valence-electron chi connectivity index (χ2n) is 3.96. The molecular formula is C13H8ClFN2S. The Morgan fingerprint density at radius 1 is 1.22 bits per heavy atom. The summed E-state index contributed by atoms with van der Waals surface area (Å²) >= 11 is 7.54. The summed E-state index contributed by atoms with van der Waals surface area (Å²) in [5.41, 5.74) is 1.34. The standard InChI is InChI=1S/C13H8ClFN2S/c1-7-2-3-10(15)9(6-7)12-16-11(14)8-4-5-18-13(8)17-12/h2-6H,1H3. The number of thiophene rings is 1. The van der Waals surface area contributed by atoms with E-state index in [1.165, 1.54) is 17.4 Å². The van der Waals surface area contributed by atoms with Gasteiger partial charge in [-0.3, -0.25) is 0 Å². The Morgan fingerprint density at radius 3 is 2.89 bits per heavy atom. The number of fused-ring (bicyclic) bond motifs is 1. The van der Waals surface area contributed by atoms with Crippen LogP contribution in [0.4, 0.5) is 4.39 Å². The van der Waals surface area contributed by atoms with Crippen LogP contribution in [-0.2, 0) is 0 Å². The summed E-state index contributed by atoms with van der Waals surface area (Å²) in [7, 11) is 0. The molecule has 0 saturated heterocycles. The van der Waals surface area contributed by atoms with Crippen LogP contribution in [0.2, 0.25) is 5.15 Å². The first-order chi connectivity index (χ1) is 8.65. The first kappa shape index (κ1) is 11.6. The van der Waals surface area contributed by atoms with Gasteiger partial charge in [-0.25, -0.2) is 14.4 Å². The van der Waals surface area contributed by atoms with E-state index in [1.54, 1.807) is 12.1 Å². The molecule has 2 heterocycles. The molecule has 0 atom stereocenters. The van der Waals surface area contributed by atoms with Gasteiger partial charge in [-0.15, -0.1) is 11.3 Å². The predicted molar refractivity (Wildman–Crippen MR) is 72.6 cm³/mol.